The molecule has 280 valence electrons. The normalized spacial score (nSPS) is 14.6. The topological polar surface area (TPSA) is 119 Å². The first-order chi connectivity index (χ1) is 23.7. The van der Waals surface area contributed by atoms with Crippen LogP contribution in [0.5, 0.6) is 17.2 Å². The lowest BCUT2D eigenvalue weighted by Crippen LogP contribution is -2.42. The predicted octanol–water partition coefficient (Wildman–Crippen LogP) is 8.56. The number of ether oxygens (including phenoxy) is 3. The van der Waals surface area contributed by atoms with E-state index in [9.17, 15) is 13.8 Å². The van der Waals surface area contributed by atoms with Crippen LogP contribution in [0, 0.1) is 18.8 Å². The fraction of sp³-hybridized carbons (Fsp3) is 0.525. The molecule has 1 aromatic heterocycles. The van der Waals surface area contributed by atoms with E-state index in [4.69, 9.17) is 14.2 Å². The zero-order chi connectivity index (χ0) is 37.7. The molecular weight excluding hydrogens is 665 g/mol. The van der Waals surface area contributed by atoms with Crippen molar-refractivity contribution < 1.29 is 28.0 Å². The number of nitrogens with zero attached hydrogens (tertiary/aromatic N) is 2. The van der Waals surface area contributed by atoms with E-state index in [2.05, 4.69) is 35.8 Å². The van der Waals surface area contributed by atoms with Crippen LogP contribution < -0.4 is 19.5 Å². The summed E-state index contributed by atoms with van der Waals surface area (Å²) in [5, 5.41) is 3.05. The maximum absolute atomic E-state index is 13.8. The molecule has 0 spiro atoms. The van der Waals surface area contributed by atoms with Crippen molar-refractivity contribution in [3.05, 3.63) is 71.0 Å². The van der Waals surface area contributed by atoms with E-state index in [0.717, 1.165) is 36.1 Å². The molecule has 0 saturated carbocycles. The Balaban J connectivity index is 1.49. The van der Waals surface area contributed by atoms with Gasteiger partial charge in [0.25, 0.3) is 5.91 Å². The van der Waals surface area contributed by atoms with Gasteiger partial charge in [-0.1, -0.05) is 40.7 Å². The number of carbonyl (C=O) groups is 2. The number of aromatic nitrogens is 1. The number of carbonyl (C=O) groups excluding carboxylic acids is 2. The Bertz CT molecular complexity index is 1750. The molecule has 11 heteroatoms. The smallest absolute Gasteiger partial charge is 0.410 e. The molecule has 2 heterocycles. The van der Waals surface area contributed by atoms with E-state index >= 15 is 0 Å². The van der Waals surface area contributed by atoms with E-state index in [0.29, 0.717) is 58.9 Å². The van der Waals surface area contributed by atoms with Gasteiger partial charge in [0.15, 0.2) is 5.75 Å². The van der Waals surface area contributed by atoms with Crippen LogP contribution in [-0.2, 0) is 26.7 Å². The third kappa shape index (κ3) is 11.4. The van der Waals surface area contributed by atoms with E-state index in [-0.39, 0.29) is 23.3 Å². The highest BCUT2D eigenvalue weighted by atomic mass is 32.3. The Morgan fingerprint density at radius 2 is 1.67 bits per heavy atom. The minimum atomic E-state index is -2.75. The van der Waals surface area contributed by atoms with Crippen LogP contribution in [0.4, 0.5) is 16.2 Å². The van der Waals surface area contributed by atoms with Gasteiger partial charge < -0.3 is 29.1 Å². The number of benzene rings is 2. The second kappa shape index (κ2) is 16.0. The number of nitrogens with one attached hydrogen (secondary N) is 2. The number of hydrogen-bond donors (Lipinski definition) is 3. The van der Waals surface area contributed by atoms with Gasteiger partial charge in [0.2, 0.25) is 0 Å². The molecule has 4 rings (SSSR count). The number of methoxy groups -OCH3 is 1. The second-order valence-electron chi connectivity index (χ2n) is 16.3. The van der Waals surface area contributed by atoms with Crippen LogP contribution in [0.25, 0.3) is 0 Å². The average molecular weight is 723 g/mol. The van der Waals surface area contributed by atoms with E-state index in [1.54, 1.807) is 36.6 Å². The standard InChI is InChI=1S/C40H58N4O6S/c1-26(2)25-51(11,47)43-34-23-30(39(4,5)6)22-33(36(34)48-10)42-37(45)29-13-12-27(3)35(21-29)49-32-14-17-41-31(24-32)20-28-15-18-44(19-16-28)38(46)50-40(7,8)9/h12-14,17,21-24,26,28,51H,15-16,18-20,25H2,1-11H3,(H,42,45)(H,43,47). The lowest BCUT2D eigenvalue weighted by molar-refractivity contribution is 0.0184. The lowest BCUT2D eigenvalue weighted by atomic mass is 9.86. The largest absolute Gasteiger partial charge is 0.492 e. The Morgan fingerprint density at radius 3 is 2.27 bits per heavy atom. The van der Waals surface area contributed by atoms with Crippen molar-refractivity contribution in [1.29, 1.82) is 0 Å². The van der Waals surface area contributed by atoms with Crippen LogP contribution in [0.1, 0.15) is 95.4 Å². The van der Waals surface area contributed by atoms with Gasteiger partial charge in [-0.2, -0.15) is 0 Å². The van der Waals surface area contributed by atoms with Crippen molar-refractivity contribution in [3.63, 3.8) is 0 Å². The Hall–Kier alpha value is -4.12. The minimum Gasteiger partial charge on any atom is -0.492 e. The third-order valence-electron chi connectivity index (χ3n) is 8.71. The highest BCUT2D eigenvalue weighted by Crippen LogP contribution is 2.40. The summed E-state index contributed by atoms with van der Waals surface area (Å²) < 4.78 is 34.4. The average Bonchev–Trinajstić information content (AvgIpc) is 3.00. The van der Waals surface area contributed by atoms with Gasteiger partial charge in [0, 0.05) is 48.6 Å². The van der Waals surface area contributed by atoms with E-state index in [1.165, 1.54) is 0 Å². The summed E-state index contributed by atoms with van der Waals surface area (Å²) in [6, 6.07) is 13.0. The van der Waals surface area contributed by atoms with Crippen molar-refractivity contribution in [1.82, 2.24) is 9.88 Å². The number of hydrogen-bond acceptors (Lipinski definition) is 7. The molecule has 0 bridgehead atoms. The predicted molar refractivity (Wildman–Crippen MR) is 208 cm³/mol. The number of amides is 2. The van der Waals surface area contributed by atoms with Crippen LogP contribution in [0.15, 0.2) is 48.7 Å². The van der Waals surface area contributed by atoms with Crippen molar-refractivity contribution in [3.8, 4) is 17.2 Å². The van der Waals surface area contributed by atoms with Gasteiger partial charge in [-0.25, -0.2) is 4.79 Å². The first-order valence-electron chi connectivity index (χ1n) is 17.8. The van der Waals surface area contributed by atoms with Gasteiger partial charge >= 0.3 is 6.09 Å². The number of pyridine rings is 1. The van der Waals surface area contributed by atoms with Gasteiger partial charge in [-0.15, -0.1) is 0 Å². The van der Waals surface area contributed by atoms with Crippen LogP contribution in [0.2, 0.25) is 0 Å². The van der Waals surface area contributed by atoms with Gasteiger partial charge in [0.1, 0.15) is 17.1 Å². The molecule has 1 aliphatic rings. The number of rotatable bonds is 11. The van der Waals surface area contributed by atoms with Gasteiger partial charge in [0.05, 0.1) is 18.5 Å². The molecule has 3 aromatic rings. The first-order valence-corrected chi connectivity index (χ1v) is 20.2. The van der Waals surface area contributed by atoms with Crippen LogP contribution in [0.3, 0.4) is 0 Å². The summed E-state index contributed by atoms with van der Waals surface area (Å²) in [5.74, 6) is 2.45. The molecule has 1 fully saturated rings. The summed E-state index contributed by atoms with van der Waals surface area (Å²) in [7, 11) is -1.20. The number of anilines is 2. The molecular formula is C40H58N4O6S. The highest BCUT2D eigenvalue weighted by molar-refractivity contribution is 8.03. The van der Waals surface area contributed by atoms with Crippen molar-refractivity contribution in [2.24, 2.45) is 11.8 Å². The Morgan fingerprint density at radius 1 is 1.00 bits per heavy atom. The van der Waals surface area contributed by atoms with Crippen LogP contribution in [-0.4, -0.2) is 63.9 Å². The zero-order valence-corrected chi connectivity index (χ0v) is 33.2. The molecule has 2 aromatic carbocycles. The quantitative estimate of drug-likeness (QED) is 0.170. The molecule has 2 N–H and O–H groups in total. The van der Waals surface area contributed by atoms with Crippen molar-refractivity contribution >= 4 is 33.5 Å². The van der Waals surface area contributed by atoms with Gasteiger partial charge in [-0.05, 0) is 116 Å². The summed E-state index contributed by atoms with van der Waals surface area (Å²) in [4.78, 5) is 32.6. The monoisotopic (exact) mass is 722 g/mol. The third-order valence-corrected chi connectivity index (χ3v) is 10.8. The van der Waals surface area contributed by atoms with Crippen LogP contribution >= 0.6 is 0 Å². The molecule has 51 heavy (non-hydrogen) atoms. The zero-order valence-electron chi connectivity index (χ0n) is 32.3. The molecule has 0 atom stereocenters. The summed E-state index contributed by atoms with van der Waals surface area (Å²) in [5.41, 5.74) is 3.48. The Kier molecular flexibility index (Phi) is 12.5. The highest BCUT2D eigenvalue weighted by Gasteiger charge is 2.28. The van der Waals surface area contributed by atoms with Gasteiger partial charge in [-0.3, -0.25) is 14.0 Å². The fourth-order valence-electron chi connectivity index (χ4n) is 6.20. The molecule has 0 unspecified atom stereocenters. The molecule has 2 amide bonds. The Labute approximate surface area is 305 Å². The van der Waals surface area contributed by atoms with Crippen molar-refractivity contribution in [2.45, 2.75) is 92.6 Å². The number of aryl methyl sites for hydroxylation is 1. The molecule has 10 nitrogen and oxygen atoms in total. The fourth-order valence-corrected chi connectivity index (χ4v) is 8.36. The molecule has 1 saturated heterocycles. The first kappa shape index (κ1) is 39.7. The number of thiol groups is 1. The number of piperidine rings is 1. The molecule has 0 radical (unpaired) electrons. The molecule has 1 aliphatic heterocycles. The van der Waals surface area contributed by atoms with E-state index in [1.807, 2.05) is 71.9 Å². The lowest BCUT2D eigenvalue weighted by Gasteiger charge is -2.33. The minimum absolute atomic E-state index is 0.246. The molecule has 0 aliphatic carbocycles. The van der Waals surface area contributed by atoms with E-state index < -0.39 is 15.7 Å². The number of likely N-dealkylation sites (tertiary alicyclic amines) is 1. The summed E-state index contributed by atoms with van der Waals surface area (Å²) in [6.07, 6.45) is 5.75. The second-order valence-corrected chi connectivity index (χ2v) is 19.1. The maximum Gasteiger partial charge on any atom is 0.410 e. The SMILES string of the molecule is COc1c(NC(=O)c2ccc(C)c(Oc3ccnc(CC4CCN(C(=O)OC(C)(C)C)CC4)c3)c2)cc(C(C)(C)C)cc1N[SH](C)(=O)CC(C)C. The summed E-state index contributed by atoms with van der Waals surface area (Å²) >= 11 is 0. The van der Waals surface area contributed by atoms with Crippen molar-refractivity contribution in [2.75, 3.05) is 42.2 Å². The maximum atomic E-state index is 13.8. The summed E-state index contributed by atoms with van der Waals surface area (Å²) in [6.45, 7) is 19.2.